The molecule has 1 saturated heterocycles. The quantitative estimate of drug-likeness (QED) is 0.618. The smallest absolute Gasteiger partial charge is 0.105 e. The first kappa shape index (κ1) is 13.1. The van der Waals surface area contributed by atoms with Crippen LogP contribution in [0.4, 0.5) is 0 Å². The molecular formula is C14H22N4. The number of nitrogens with two attached hydrogens (primary N) is 1. The molecule has 98 valence electrons. The maximum Gasteiger partial charge on any atom is 0.105 e. The molecule has 0 aromatic heterocycles. The lowest BCUT2D eigenvalue weighted by atomic mass is 10.1. The van der Waals surface area contributed by atoms with Gasteiger partial charge in [0.2, 0.25) is 0 Å². The summed E-state index contributed by atoms with van der Waals surface area (Å²) in [4.78, 5) is 4.75. The van der Waals surface area contributed by atoms with E-state index in [0.717, 1.165) is 26.2 Å². The second-order valence-electron chi connectivity index (χ2n) is 5.07. The van der Waals surface area contributed by atoms with Crippen molar-refractivity contribution in [3.63, 3.8) is 0 Å². The van der Waals surface area contributed by atoms with Gasteiger partial charge >= 0.3 is 0 Å². The van der Waals surface area contributed by atoms with Crippen LogP contribution in [0.1, 0.15) is 12.5 Å². The highest BCUT2D eigenvalue weighted by atomic mass is 15.3. The van der Waals surface area contributed by atoms with Crippen molar-refractivity contribution in [3.05, 3.63) is 35.9 Å². The summed E-state index contributed by atoms with van der Waals surface area (Å²) in [6.45, 7) is 6.89. The fourth-order valence-corrected chi connectivity index (χ4v) is 2.51. The number of piperazine rings is 1. The van der Waals surface area contributed by atoms with Gasteiger partial charge in [0.25, 0.3) is 0 Å². The van der Waals surface area contributed by atoms with Crippen molar-refractivity contribution in [1.29, 1.82) is 5.41 Å². The Morgan fingerprint density at radius 1 is 1.33 bits per heavy atom. The van der Waals surface area contributed by atoms with Crippen LogP contribution in [0.15, 0.2) is 30.3 Å². The number of rotatable bonds is 4. The molecule has 1 fully saturated rings. The summed E-state index contributed by atoms with van der Waals surface area (Å²) in [6.07, 6.45) is 0. The van der Waals surface area contributed by atoms with Crippen molar-refractivity contribution in [2.75, 3.05) is 26.2 Å². The van der Waals surface area contributed by atoms with E-state index in [-0.39, 0.29) is 5.84 Å². The van der Waals surface area contributed by atoms with Crippen LogP contribution >= 0.6 is 0 Å². The lowest BCUT2D eigenvalue weighted by Gasteiger charge is -2.39. The van der Waals surface area contributed by atoms with Crippen molar-refractivity contribution < 1.29 is 0 Å². The molecule has 3 N–H and O–H groups in total. The van der Waals surface area contributed by atoms with E-state index in [4.69, 9.17) is 11.1 Å². The Balaban J connectivity index is 1.88. The first-order valence-corrected chi connectivity index (χ1v) is 6.48. The molecule has 4 heteroatoms. The monoisotopic (exact) mass is 246 g/mol. The van der Waals surface area contributed by atoms with Crippen molar-refractivity contribution in [1.82, 2.24) is 9.80 Å². The second-order valence-corrected chi connectivity index (χ2v) is 5.07. The SMILES string of the molecule is CC1CN(CC(=N)N)CCN1Cc1ccccc1. The topological polar surface area (TPSA) is 56.4 Å². The van der Waals surface area contributed by atoms with Gasteiger partial charge in [0.05, 0.1) is 6.54 Å². The van der Waals surface area contributed by atoms with E-state index in [1.807, 2.05) is 0 Å². The molecule has 0 spiro atoms. The average molecular weight is 246 g/mol. The Bertz CT molecular complexity index is 390. The number of amidine groups is 1. The van der Waals surface area contributed by atoms with Gasteiger partial charge in [-0.25, -0.2) is 0 Å². The van der Waals surface area contributed by atoms with Gasteiger partial charge in [0.1, 0.15) is 5.84 Å². The summed E-state index contributed by atoms with van der Waals surface area (Å²) in [7, 11) is 0. The third kappa shape index (κ3) is 3.55. The van der Waals surface area contributed by atoms with Gasteiger partial charge in [-0.2, -0.15) is 0 Å². The normalized spacial score (nSPS) is 21.9. The van der Waals surface area contributed by atoms with Crippen LogP contribution in [-0.4, -0.2) is 47.9 Å². The van der Waals surface area contributed by atoms with Crippen molar-refractivity contribution in [2.24, 2.45) is 5.73 Å². The Labute approximate surface area is 109 Å². The van der Waals surface area contributed by atoms with Crippen molar-refractivity contribution in [2.45, 2.75) is 19.5 Å². The van der Waals surface area contributed by atoms with Gasteiger partial charge in [-0.3, -0.25) is 15.2 Å². The van der Waals surface area contributed by atoms with Gasteiger partial charge in [0.15, 0.2) is 0 Å². The molecule has 1 heterocycles. The highest BCUT2D eigenvalue weighted by Gasteiger charge is 2.23. The van der Waals surface area contributed by atoms with Gasteiger partial charge in [-0.05, 0) is 12.5 Å². The maximum atomic E-state index is 7.35. The molecule has 1 aliphatic heterocycles. The molecule has 0 radical (unpaired) electrons. The van der Waals surface area contributed by atoms with E-state index in [1.165, 1.54) is 5.56 Å². The molecule has 4 nitrogen and oxygen atoms in total. The molecule has 0 bridgehead atoms. The predicted molar refractivity (Wildman–Crippen MR) is 74.7 cm³/mol. The van der Waals surface area contributed by atoms with E-state index in [9.17, 15) is 0 Å². The third-order valence-corrected chi connectivity index (χ3v) is 3.47. The molecule has 18 heavy (non-hydrogen) atoms. The summed E-state index contributed by atoms with van der Waals surface area (Å²) in [5, 5.41) is 7.35. The van der Waals surface area contributed by atoms with Gasteiger partial charge in [-0.15, -0.1) is 0 Å². The zero-order valence-corrected chi connectivity index (χ0v) is 11.0. The first-order chi connectivity index (χ1) is 8.65. The summed E-state index contributed by atoms with van der Waals surface area (Å²) in [6, 6.07) is 11.1. The van der Waals surface area contributed by atoms with Crippen molar-refractivity contribution >= 4 is 5.84 Å². The molecule has 1 atom stereocenters. The van der Waals surface area contributed by atoms with Crippen LogP contribution in [0.2, 0.25) is 0 Å². The van der Waals surface area contributed by atoms with Gasteiger partial charge in [0, 0.05) is 32.2 Å². The molecule has 0 amide bonds. The van der Waals surface area contributed by atoms with Crippen LogP contribution in [0.3, 0.4) is 0 Å². The number of nitrogens with zero attached hydrogens (tertiary/aromatic N) is 2. The van der Waals surface area contributed by atoms with Gasteiger partial charge in [-0.1, -0.05) is 30.3 Å². The van der Waals surface area contributed by atoms with E-state index in [0.29, 0.717) is 12.6 Å². The fraction of sp³-hybridized carbons (Fsp3) is 0.500. The average Bonchev–Trinajstić information content (AvgIpc) is 2.33. The highest BCUT2D eigenvalue weighted by molar-refractivity contribution is 5.78. The minimum Gasteiger partial charge on any atom is -0.387 e. The minimum atomic E-state index is 0.263. The van der Waals surface area contributed by atoms with Crippen LogP contribution in [0, 0.1) is 5.41 Å². The molecule has 0 saturated carbocycles. The van der Waals surface area contributed by atoms with Gasteiger partial charge < -0.3 is 5.73 Å². The van der Waals surface area contributed by atoms with E-state index >= 15 is 0 Å². The Morgan fingerprint density at radius 2 is 2.06 bits per heavy atom. The van der Waals surface area contributed by atoms with E-state index < -0.39 is 0 Å². The zero-order valence-electron chi connectivity index (χ0n) is 11.0. The molecule has 1 unspecified atom stereocenters. The van der Waals surface area contributed by atoms with Crippen LogP contribution < -0.4 is 5.73 Å². The zero-order chi connectivity index (χ0) is 13.0. The molecule has 0 aliphatic carbocycles. The lowest BCUT2D eigenvalue weighted by molar-refractivity contribution is 0.0872. The highest BCUT2D eigenvalue weighted by Crippen LogP contribution is 2.13. The molecular weight excluding hydrogens is 224 g/mol. The molecule has 1 aliphatic rings. The largest absolute Gasteiger partial charge is 0.387 e. The summed E-state index contributed by atoms with van der Waals surface area (Å²) in [5.74, 6) is 0.263. The fourth-order valence-electron chi connectivity index (χ4n) is 2.51. The van der Waals surface area contributed by atoms with Crippen molar-refractivity contribution in [3.8, 4) is 0 Å². The summed E-state index contributed by atoms with van der Waals surface area (Å²) >= 11 is 0. The minimum absolute atomic E-state index is 0.263. The number of hydrogen-bond acceptors (Lipinski definition) is 3. The maximum absolute atomic E-state index is 7.35. The molecule has 1 aromatic carbocycles. The Hall–Kier alpha value is -1.39. The lowest BCUT2D eigenvalue weighted by Crippen LogP contribution is -2.53. The predicted octanol–water partition coefficient (Wildman–Crippen LogP) is 1.13. The Kier molecular flexibility index (Phi) is 4.33. The third-order valence-electron chi connectivity index (χ3n) is 3.47. The number of benzene rings is 1. The van der Waals surface area contributed by atoms with Crippen LogP contribution in [0.25, 0.3) is 0 Å². The number of nitrogens with one attached hydrogen (secondary N) is 1. The second kappa shape index (κ2) is 5.98. The number of hydrogen-bond donors (Lipinski definition) is 2. The molecule has 1 aromatic rings. The standard InChI is InChI=1S/C14H22N4/c1-12-9-17(11-14(15)16)7-8-18(12)10-13-5-3-2-4-6-13/h2-6,12H,7-11H2,1H3,(H3,15,16). The van der Waals surface area contributed by atoms with E-state index in [1.54, 1.807) is 0 Å². The Morgan fingerprint density at radius 3 is 2.67 bits per heavy atom. The first-order valence-electron chi connectivity index (χ1n) is 6.48. The summed E-state index contributed by atoms with van der Waals surface area (Å²) < 4.78 is 0. The van der Waals surface area contributed by atoms with E-state index in [2.05, 4.69) is 47.1 Å². The van der Waals surface area contributed by atoms with Crippen LogP contribution in [0.5, 0.6) is 0 Å². The summed E-state index contributed by atoms with van der Waals surface area (Å²) in [5.41, 5.74) is 6.82. The molecule has 2 rings (SSSR count). The van der Waals surface area contributed by atoms with Crippen LogP contribution in [-0.2, 0) is 6.54 Å².